The molecule has 0 saturated carbocycles. The van der Waals surface area contributed by atoms with Crippen LogP contribution in [-0.4, -0.2) is 23.1 Å². The van der Waals surface area contributed by atoms with Crippen molar-refractivity contribution in [3.8, 4) is 11.5 Å². The van der Waals surface area contributed by atoms with Gasteiger partial charge in [-0.05, 0) is 53.9 Å². The Kier molecular flexibility index (Phi) is 4.86. The Bertz CT molecular complexity index is 1700. The number of thiazole rings is 1. The van der Waals surface area contributed by atoms with Crippen LogP contribution in [0.15, 0.2) is 69.9 Å². The van der Waals surface area contributed by atoms with E-state index in [9.17, 15) is 14.7 Å². The molecule has 8 heteroatoms. The summed E-state index contributed by atoms with van der Waals surface area (Å²) in [4.78, 5) is 33.7. The standard InChI is InChI=1S/C27H20N2O5S/c1-3-14-8-10-17-21(12-14)35-27(28-17)29-23(15-9-11-18(30)20(13-15)33-2)22-24(31)16-6-4-5-7-19(16)34-25(22)26(29)32/h4-13,23,30H,3H2,1-2H3. The zero-order valence-corrected chi connectivity index (χ0v) is 19.8. The maximum absolute atomic E-state index is 13.8. The number of fused-ring (bicyclic) bond motifs is 3. The van der Waals surface area contributed by atoms with Crippen molar-refractivity contribution in [3.05, 3.63) is 93.3 Å². The molecule has 0 aliphatic carbocycles. The third-order valence-electron chi connectivity index (χ3n) is 6.35. The van der Waals surface area contributed by atoms with Gasteiger partial charge in [0.1, 0.15) is 5.58 Å². The van der Waals surface area contributed by atoms with Gasteiger partial charge in [0.05, 0.1) is 34.3 Å². The summed E-state index contributed by atoms with van der Waals surface area (Å²) in [6.07, 6.45) is 0.887. The number of aromatic hydroxyl groups is 1. The number of aromatic nitrogens is 1. The van der Waals surface area contributed by atoms with E-state index < -0.39 is 11.9 Å². The summed E-state index contributed by atoms with van der Waals surface area (Å²) in [5.41, 5.74) is 2.87. The Labute approximate surface area is 203 Å². The second-order valence-corrected chi connectivity index (χ2v) is 9.34. The number of phenols is 1. The molecule has 7 nitrogen and oxygen atoms in total. The molecule has 3 heterocycles. The third-order valence-corrected chi connectivity index (χ3v) is 7.37. The van der Waals surface area contributed by atoms with Gasteiger partial charge in [0.2, 0.25) is 5.76 Å². The summed E-state index contributed by atoms with van der Waals surface area (Å²) < 4.78 is 12.3. The van der Waals surface area contributed by atoms with Crippen LogP contribution in [0.4, 0.5) is 5.13 Å². The molecule has 1 atom stereocenters. The van der Waals surface area contributed by atoms with Crippen LogP contribution in [0.2, 0.25) is 0 Å². The molecule has 0 bridgehead atoms. The van der Waals surface area contributed by atoms with Gasteiger partial charge in [-0.2, -0.15) is 0 Å². The van der Waals surface area contributed by atoms with E-state index >= 15 is 0 Å². The molecule has 6 rings (SSSR count). The zero-order valence-electron chi connectivity index (χ0n) is 18.9. The number of hydrogen-bond acceptors (Lipinski definition) is 7. The summed E-state index contributed by atoms with van der Waals surface area (Å²) in [5.74, 6) is -0.232. The van der Waals surface area contributed by atoms with Crippen LogP contribution in [-0.2, 0) is 6.42 Å². The van der Waals surface area contributed by atoms with E-state index in [4.69, 9.17) is 14.1 Å². The number of carbonyl (C=O) groups is 1. The van der Waals surface area contributed by atoms with E-state index in [0.717, 1.165) is 16.6 Å². The number of aryl methyl sites for hydroxylation is 1. The van der Waals surface area contributed by atoms with Crippen LogP contribution in [0.25, 0.3) is 21.2 Å². The number of amides is 1. The highest BCUT2D eigenvalue weighted by molar-refractivity contribution is 7.22. The number of ether oxygens (including phenoxy) is 1. The molecule has 1 amide bonds. The first kappa shape index (κ1) is 21.4. The molecule has 1 aliphatic heterocycles. The van der Waals surface area contributed by atoms with Crippen LogP contribution >= 0.6 is 11.3 Å². The molecule has 0 saturated heterocycles. The van der Waals surface area contributed by atoms with Crippen molar-refractivity contribution < 1.29 is 19.1 Å². The Morgan fingerprint density at radius 1 is 1.11 bits per heavy atom. The molecule has 5 aromatic rings. The largest absolute Gasteiger partial charge is 0.504 e. The van der Waals surface area contributed by atoms with Gasteiger partial charge in [-0.3, -0.25) is 14.5 Å². The summed E-state index contributed by atoms with van der Waals surface area (Å²) in [5, 5.41) is 11.0. The normalized spacial score (nSPS) is 15.2. The Morgan fingerprint density at radius 3 is 2.74 bits per heavy atom. The molecular weight excluding hydrogens is 464 g/mol. The van der Waals surface area contributed by atoms with Gasteiger partial charge < -0.3 is 14.3 Å². The minimum atomic E-state index is -0.793. The molecule has 3 aromatic carbocycles. The second-order valence-electron chi connectivity index (χ2n) is 8.33. The lowest BCUT2D eigenvalue weighted by molar-refractivity contribution is 0.0971. The number of hydrogen-bond donors (Lipinski definition) is 1. The van der Waals surface area contributed by atoms with Gasteiger partial charge in [0.15, 0.2) is 22.1 Å². The molecule has 0 fully saturated rings. The number of para-hydroxylation sites is 1. The van der Waals surface area contributed by atoms with E-state index in [1.807, 2.05) is 12.1 Å². The Hall–Kier alpha value is -4.17. The molecule has 2 aromatic heterocycles. The van der Waals surface area contributed by atoms with Gasteiger partial charge in [-0.1, -0.05) is 42.5 Å². The van der Waals surface area contributed by atoms with Crippen LogP contribution in [0.5, 0.6) is 11.5 Å². The molecule has 0 spiro atoms. The highest BCUT2D eigenvalue weighted by Crippen LogP contribution is 2.45. The molecule has 1 aliphatic rings. The van der Waals surface area contributed by atoms with Crippen LogP contribution in [0, 0.1) is 0 Å². The number of phenolic OH excluding ortho intramolecular Hbond substituents is 1. The summed E-state index contributed by atoms with van der Waals surface area (Å²) in [6.45, 7) is 2.08. The van der Waals surface area contributed by atoms with E-state index in [1.165, 1.54) is 35.0 Å². The molecular formula is C27H20N2O5S. The van der Waals surface area contributed by atoms with Crippen molar-refractivity contribution in [2.45, 2.75) is 19.4 Å². The van der Waals surface area contributed by atoms with Crippen LogP contribution < -0.4 is 15.1 Å². The second kappa shape index (κ2) is 7.95. The van der Waals surface area contributed by atoms with Crippen molar-refractivity contribution in [1.29, 1.82) is 0 Å². The molecule has 35 heavy (non-hydrogen) atoms. The lowest BCUT2D eigenvalue weighted by Crippen LogP contribution is -2.29. The Morgan fingerprint density at radius 2 is 1.94 bits per heavy atom. The quantitative estimate of drug-likeness (QED) is 0.366. The monoisotopic (exact) mass is 484 g/mol. The van der Waals surface area contributed by atoms with Crippen molar-refractivity contribution in [3.63, 3.8) is 0 Å². The van der Waals surface area contributed by atoms with E-state index in [-0.39, 0.29) is 28.3 Å². The van der Waals surface area contributed by atoms with Gasteiger partial charge in [-0.25, -0.2) is 4.98 Å². The number of rotatable bonds is 4. The highest BCUT2D eigenvalue weighted by atomic mass is 32.1. The SMILES string of the molecule is CCc1ccc2nc(N3C(=O)c4oc5ccccc5c(=O)c4C3c3ccc(O)c(OC)c3)sc2c1. The average molecular weight is 485 g/mol. The topological polar surface area (TPSA) is 92.9 Å². The fourth-order valence-corrected chi connectivity index (χ4v) is 5.63. The van der Waals surface area contributed by atoms with Crippen molar-refractivity contribution in [2.75, 3.05) is 12.0 Å². The fraction of sp³-hybridized carbons (Fsp3) is 0.148. The molecule has 1 N–H and O–H groups in total. The van der Waals surface area contributed by atoms with Crippen molar-refractivity contribution in [2.24, 2.45) is 0 Å². The predicted octanol–water partition coefficient (Wildman–Crippen LogP) is 5.43. The Balaban J connectivity index is 1.62. The molecule has 1 unspecified atom stereocenters. The first-order valence-electron chi connectivity index (χ1n) is 11.2. The van der Waals surface area contributed by atoms with Gasteiger partial charge in [-0.15, -0.1) is 0 Å². The van der Waals surface area contributed by atoms with Crippen LogP contribution in [0.1, 0.15) is 40.2 Å². The lowest BCUT2D eigenvalue weighted by Gasteiger charge is -2.23. The van der Waals surface area contributed by atoms with Gasteiger partial charge >= 0.3 is 0 Å². The molecule has 0 radical (unpaired) electrons. The van der Waals surface area contributed by atoms with Gasteiger partial charge in [0.25, 0.3) is 5.91 Å². The highest BCUT2D eigenvalue weighted by Gasteiger charge is 2.45. The summed E-state index contributed by atoms with van der Waals surface area (Å²) in [7, 11) is 1.45. The van der Waals surface area contributed by atoms with Crippen LogP contribution in [0.3, 0.4) is 0 Å². The maximum atomic E-state index is 13.8. The zero-order chi connectivity index (χ0) is 24.3. The average Bonchev–Trinajstić information content (AvgIpc) is 3.42. The number of anilines is 1. The number of carbonyl (C=O) groups excluding carboxylic acids is 1. The molecule has 174 valence electrons. The van der Waals surface area contributed by atoms with E-state index in [1.54, 1.807) is 36.4 Å². The number of methoxy groups -OCH3 is 1. The first-order valence-corrected chi connectivity index (χ1v) is 12.0. The first-order chi connectivity index (χ1) is 17.0. The number of nitrogens with zero attached hydrogens (tertiary/aromatic N) is 2. The van der Waals surface area contributed by atoms with E-state index in [2.05, 4.69) is 13.0 Å². The lowest BCUT2D eigenvalue weighted by atomic mass is 9.98. The summed E-state index contributed by atoms with van der Waals surface area (Å²) >= 11 is 1.39. The summed E-state index contributed by atoms with van der Waals surface area (Å²) in [6, 6.07) is 16.9. The fourth-order valence-electron chi connectivity index (χ4n) is 4.58. The van der Waals surface area contributed by atoms with Crippen molar-refractivity contribution >= 4 is 43.6 Å². The number of benzene rings is 3. The smallest absolute Gasteiger partial charge is 0.297 e. The van der Waals surface area contributed by atoms with Crippen molar-refractivity contribution in [1.82, 2.24) is 4.98 Å². The predicted molar refractivity (Wildman–Crippen MR) is 135 cm³/mol. The van der Waals surface area contributed by atoms with E-state index in [0.29, 0.717) is 21.7 Å². The maximum Gasteiger partial charge on any atom is 0.297 e. The third kappa shape index (κ3) is 3.21. The minimum Gasteiger partial charge on any atom is -0.504 e. The minimum absolute atomic E-state index is 0.000699. The van der Waals surface area contributed by atoms with Gasteiger partial charge in [0, 0.05) is 0 Å².